The Morgan fingerprint density at radius 1 is 1.16 bits per heavy atom. The van der Waals surface area contributed by atoms with Crippen molar-refractivity contribution in [2.75, 3.05) is 13.1 Å². The van der Waals surface area contributed by atoms with Crippen LogP contribution >= 0.6 is 0 Å². The van der Waals surface area contributed by atoms with E-state index in [0.717, 1.165) is 25.1 Å². The fourth-order valence-electron chi connectivity index (χ4n) is 4.58. The maximum Gasteiger partial charge on any atom is 0.471 e. The molecule has 5 rings (SSSR count). The van der Waals surface area contributed by atoms with E-state index < -0.39 is 20.3 Å². The minimum Gasteiger partial charge on any atom is -0.331 e. The Balaban J connectivity index is 0.000000426. The lowest BCUT2D eigenvalue weighted by molar-refractivity contribution is -0.159. The monoisotopic (exact) mass is 543 g/mol. The SMILES string of the molecule is C[Si](C)(C)N=C=O.O=C1c2cc(-c3noc(C(F)(F)F)n3)ccc2CN1[C@@H]1CCNC[C@H]1c1ccccc1. The van der Waals surface area contributed by atoms with Crippen LogP contribution in [0.2, 0.25) is 19.6 Å². The fourth-order valence-corrected chi connectivity index (χ4v) is 4.86. The van der Waals surface area contributed by atoms with Crippen molar-refractivity contribution >= 4 is 20.2 Å². The number of alkyl halides is 3. The summed E-state index contributed by atoms with van der Waals surface area (Å²) in [7, 11) is -1.46. The normalized spacial score (nSPS) is 19.3. The van der Waals surface area contributed by atoms with Gasteiger partial charge in [-0.3, -0.25) is 4.79 Å². The van der Waals surface area contributed by atoms with Gasteiger partial charge in [-0.1, -0.05) is 47.6 Å². The summed E-state index contributed by atoms with van der Waals surface area (Å²) in [5.41, 5.74) is 2.81. The second-order valence-corrected chi connectivity index (χ2v) is 14.7. The molecule has 2 atom stereocenters. The number of fused-ring (bicyclic) bond motifs is 1. The lowest BCUT2D eigenvalue weighted by Crippen LogP contribution is -2.48. The van der Waals surface area contributed by atoms with Gasteiger partial charge in [-0.25, -0.2) is 9.45 Å². The van der Waals surface area contributed by atoms with Crippen molar-refractivity contribution in [1.29, 1.82) is 0 Å². The third-order valence-electron chi connectivity index (χ3n) is 6.32. The van der Waals surface area contributed by atoms with Gasteiger partial charge in [0.15, 0.2) is 8.24 Å². The number of benzene rings is 2. The minimum absolute atomic E-state index is 0.0361. The van der Waals surface area contributed by atoms with E-state index in [0.29, 0.717) is 17.7 Å². The zero-order valence-electron chi connectivity index (χ0n) is 21.2. The molecule has 1 N–H and O–H groups in total. The van der Waals surface area contributed by atoms with Gasteiger partial charge >= 0.3 is 12.1 Å². The number of amides is 1. The third-order valence-corrected chi connectivity index (χ3v) is 7.09. The first-order chi connectivity index (χ1) is 18.0. The molecule has 0 spiro atoms. The van der Waals surface area contributed by atoms with Gasteiger partial charge in [0, 0.05) is 36.2 Å². The van der Waals surface area contributed by atoms with Gasteiger partial charge in [-0.05, 0) is 49.8 Å². The van der Waals surface area contributed by atoms with E-state index >= 15 is 0 Å². The zero-order valence-corrected chi connectivity index (χ0v) is 22.2. The summed E-state index contributed by atoms with van der Waals surface area (Å²) in [5, 5.41) is 6.84. The summed E-state index contributed by atoms with van der Waals surface area (Å²) in [5.74, 6) is -1.55. The molecule has 2 aliphatic rings. The van der Waals surface area contributed by atoms with Gasteiger partial charge in [0.1, 0.15) is 0 Å². The van der Waals surface area contributed by atoms with Crippen molar-refractivity contribution in [2.45, 2.75) is 50.7 Å². The van der Waals surface area contributed by atoms with Crippen LogP contribution in [0.3, 0.4) is 0 Å². The van der Waals surface area contributed by atoms with Crippen molar-refractivity contribution in [2.24, 2.45) is 4.66 Å². The number of isocyanates is 1. The highest BCUT2D eigenvalue weighted by atomic mass is 28.3. The molecule has 3 aromatic rings. The maximum absolute atomic E-state index is 13.3. The average Bonchev–Trinajstić information content (AvgIpc) is 3.50. The molecule has 8 nitrogen and oxygen atoms in total. The number of halogens is 3. The quantitative estimate of drug-likeness (QED) is 0.282. The molecule has 2 aromatic carbocycles. The highest BCUT2D eigenvalue weighted by Gasteiger charge is 2.40. The Labute approximate surface area is 219 Å². The molecular weight excluding hydrogens is 515 g/mol. The summed E-state index contributed by atoms with van der Waals surface area (Å²) >= 11 is 0. The summed E-state index contributed by atoms with van der Waals surface area (Å²) in [6.07, 6.45) is -2.34. The molecule has 200 valence electrons. The standard InChI is InChI=1S/C22H19F3N4O2.C4H9NOSi/c23-22(24,25)21-27-19(28-31-21)14-6-7-15-12-29(20(30)16(15)10-14)18-8-9-26-11-17(18)13-4-2-1-3-5-13;1-7(2,3)5-4-6/h1-7,10,17-18,26H,8-9,11-12H2;1-3H3/t17-,18+;/m0./s1. The van der Waals surface area contributed by atoms with E-state index in [9.17, 15) is 22.8 Å². The molecule has 2 aliphatic heterocycles. The molecule has 0 aliphatic carbocycles. The van der Waals surface area contributed by atoms with Crippen LogP contribution in [-0.4, -0.2) is 54.4 Å². The first-order valence-electron chi connectivity index (χ1n) is 12.2. The number of carbonyl (C=O) groups excluding carboxylic acids is 2. The van der Waals surface area contributed by atoms with Gasteiger partial charge < -0.3 is 14.7 Å². The van der Waals surface area contributed by atoms with Gasteiger partial charge in [0.25, 0.3) is 5.91 Å². The average molecular weight is 544 g/mol. The highest BCUT2D eigenvalue weighted by molar-refractivity contribution is 6.74. The number of rotatable bonds is 4. The molecule has 3 heterocycles. The Morgan fingerprint density at radius 3 is 2.50 bits per heavy atom. The smallest absolute Gasteiger partial charge is 0.331 e. The first-order valence-corrected chi connectivity index (χ1v) is 15.6. The third kappa shape index (κ3) is 6.26. The largest absolute Gasteiger partial charge is 0.471 e. The molecule has 38 heavy (non-hydrogen) atoms. The number of aromatic nitrogens is 2. The second-order valence-electron chi connectivity index (χ2n) is 10.2. The topological polar surface area (TPSA) is 101 Å². The number of piperidine rings is 1. The van der Waals surface area contributed by atoms with E-state index in [1.54, 1.807) is 24.3 Å². The Bertz CT molecular complexity index is 1330. The predicted octanol–water partition coefficient (Wildman–Crippen LogP) is 5.01. The van der Waals surface area contributed by atoms with E-state index in [2.05, 4.69) is 36.8 Å². The summed E-state index contributed by atoms with van der Waals surface area (Å²) in [6.45, 7) is 8.03. The van der Waals surface area contributed by atoms with Crippen LogP contribution in [0.1, 0.15) is 39.7 Å². The predicted molar refractivity (Wildman–Crippen MR) is 137 cm³/mol. The second kappa shape index (κ2) is 11.0. The number of hydrogen-bond donors (Lipinski definition) is 1. The molecule has 0 bridgehead atoms. The molecule has 1 amide bonds. The van der Waals surface area contributed by atoms with Crippen LogP contribution < -0.4 is 5.32 Å². The number of hydrogen-bond acceptors (Lipinski definition) is 7. The van der Waals surface area contributed by atoms with E-state index in [1.165, 1.54) is 5.56 Å². The maximum atomic E-state index is 13.3. The van der Waals surface area contributed by atoms with E-state index in [1.807, 2.05) is 42.7 Å². The molecule has 12 heteroatoms. The van der Waals surface area contributed by atoms with Crippen molar-refractivity contribution < 1.29 is 27.3 Å². The van der Waals surface area contributed by atoms with Crippen LogP contribution in [-0.2, 0) is 17.5 Å². The molecule has 0 radical (unpaired) electrons. The van der Waals surface area contributed by atoms with Gasteiger partial charge in [0.2, 0.25) is 11.9 Å². The van der Waals surface area contributed by atoms with Crippen LogP contribution in [0.25, 0.3) is 11.4 Å². The van der Waals surface area contributed by atoms with Crippen molar-refractivity contribution in [3.05, 3.63) is 71.1 Å². The number of nitrogens with zero attached hydrogens (tertiary/aromatic N) is 4. The summed E-state index contributed by atoms with van der Waals surface area (Å²) in [6, 6.07) is 15.1. The van der Waals surface area contributed by atoms with Crippen molar-refractivity contribution in [1.82, 2.24) is 20.4 Å². The minimum atomic E-state index is -4.71. The van der Waals surface area contributed by atoms with E-state index in [4.69, 9.17) is 0 Å². The Kier molecular flexibility index (Phi) is 7.96. The lowest BCUT2D eigenvalue weighted by atomic mass is 9.86. The van der Waals surface area contributed by atoms with Gasteiger partial charge in [-0.2, -0.15) is 18.2 Å². The van der Waals surface area contributed by atoms with Crippen LogP contribution in [0.15, 0.2) is 57.7 Å². The van der Waals surface area contributed by atoms with E-state index in [-0.39, 0.29) is 23.7 Å². The van der Waals surface area contributed by atoms with Crippen LogP contribution in [0, 0.1) is 0 Å². The summed E-state index contributed by atoms with van der Waals surface area (Å²) < 4.78 is 46.2. The molecule has 1 fully saturated rings. The lowest BCUT2D eigenvalue weighted by Gasteiger charge is -2.38. The van der Waals surface area contributed by atoms with Crippen LogP contribution in [0.5, 0.6) is 0 Å². The van der Waals surface area contributed by atoms with Crippen molar-refractivity contribution in [3.8, 4) is 11.4 Å². The Hall–Kier alpha value is -3.60. The van der Waals surface area contributed by atoms with Crippen molar-refractivity contribution in [3.63, 3.8) is 0 Å². The van der Waals surface area contributed by atoms with Gasteiger partial charge in [0.05, 0.1) is 0 Å². The van der Waals surface area contributed by atoms with Gasteiger partial charge in [-0.15, -0.1) is 0 Å². The fraction of sp³-hybridized carbons (Fsp3) is 0.385. The molecular formula is C26H28F3N5O3Si. The Morgan fingerprint density at radius 2 is 1.89 bits per heavy atom. The molecule has 1 saturated heterocycles. The summed E-state index contributed by atoms with van der Waals surface area (Å²) in [4.78, 5) is 28.2. The number of carbonyl (C=O) groups is 1. The molecule has 0 unspecified atom stereocenters. The zero-order chi connectivity index (χ0) is 27.5. The first kappa shape index (κ1) is 27.4. The number of nitrogens with one attached hydrogen (secondary N) is 1. The highest BCUT2D eigenvalue weighted by Crippen LogP contribution is 2.36. The molecule has 1 aromatic heterocycles. The van der Waals surface area contributed by atoms with Crippen LogP contribution in [0.4, 0.5) is 13.2 Å². The molecule has 0 saturated carbocycles.